The highest BCUT2D eigenvalue weighted by Gasteiger charge is 2.14. The molecule has 2 rings (SSSR count). The molecule has 0 unspecified atom stereocenters. The smallest absolute Gasteiger partial charge is 0.408 e. The van der Waals surface area contributed by atoms with Crippen molar-refractivity contribution in [3.8, 4) is 11.8 Å². The fraction of sp³-hybridized carbons (Fsp3) is 0.333. The van der Waals surface area contributed by atoms with Crippen molar-refractivity contribution in [3.05, 3.63) is 29.3 Å². The Morgan fingerprint density at radius 2 is 2.25 bits per heavy atom. The standard InChI is InChI=1S/C15H16N2O2S/c1-15(2,3)19-14(18)16-8-4-5-11-6-7-13-12(9-11)17-10-20-13/h6-7,9-10H,8H2,1-3H3,(H,16,18). The molecule has 0 atom stereocenters. The summed E-state index contributed by atoms with van der Waals surface area (Å²) in [5.74, 6) is 5.88. The fourth-order valence-corrected chi connectivity index (χ4v) is 2.17. The van der Waals surface area contributed by atoms with Crippen LogP contribution in [0.3, 0.4) is 0 Å². The number of nitrogens with one attached hydrogen (secondary N) is 1. The molecule has 4 nitrogen and oxygen atoms in total. The summed E-state index contributed by atoms with van der Waals surface area (Å²) < 4.78 is 6.25. The minimum absolute atomic E-state index is 0.254. The molecule has 0 aliphatic heterocycles. The lowest BCUT2D eigenvalue weighted by Crippen LogP contribution is -2.32. The van der Waals surface area contributed by atoms with Crippen molar-refractivity contribution in [2.45, 2.75) is 26.4 Å². The van der Waals surface area contributed by atoms with Crippen LogP contribution in [0.4, 0.5) is 4.79 Å². The number of hydrogen-bond acceptors (Lipinski definition) is 4. The normalized spacial score (nSPS) is 10.8. The van der Waals surface area contributed by atoms with Crippen molar-refractivity contribution in [1.82, 2.24) is 10.3 Å². The van der Waals surface area contributed by atoms with Crippen LogP contribution in [0.15, 0.2) is 23.7 Å². The van der Waals surface area contributed by atoms with Crippen LogP contribution >= 0.6 is 11.3 Å². The van der Waals surface area contributed by atoms with E-state index in [0.29, 0.717) is 0 Å². The highest BCUT2D eigenvalue weighted by molar-refractivity contribution is 7.16. The van der Waals surface area contributed by atoms with Crippen molar-refractivity contribution < 1.29 is 9.53 Å². The second-order valence-corrected chi connectivity index (χ2v) is 6.08. The Bertz CT molecular complexity index is 674. The molecule has 0 aliphatic rings. The summed E-state index contributed by atoms with van der Waals surface area (Å²) in [6, 6.07) is 5.88. The molecule has 5 heteroatoms. The Balaban J connectivity index is 1.89. The number of ether oxygens (including phenoxy) is 1. The number of amides is 1. The SMILES string of the molecule is CC(C)(C)OC(=O)NCC#Cc1ccc2scnc2c1. The summed E-state index contributed by atoms with van der Waals surface area (Å²) in [4.78, 5) is 15.6. The molecule has 0 fully saturated rings. The van der Waals surface area contributed by atoms with Crippen LogP contribution in [0, 0.1) is 11.8 Å². The van der Waals surface area contributed by atoms with Gasteiger partial charge < -0.3 is 10.1 Å². The van der Waals surface area contributed by atoms with Crippen molar-refractivity contribution >= 4 is 27.6 Å². The van der Waals surface area contributed by atoms with Gasteiger partial charge in [-0.05, 0) is 39.0 Å². The average Bonchev–Trinajstić information content (AvgIpc) is 2.79. The third-order valence-corrected chi connectivity index (χ3v) is 3.09. The first kappa shape index (κ1) is 14.4. The maximum Gasteiger partial charge on any atom is 0.408 e. The van der Waals surface area contributed by atoms with E-state index in [1.807, 2.05) is 44.5 Å². The lowest BCUT2D eigenvalue weighted by molar-refractivity contribution is 0.0535. The van der Waals surface area contributed by atoms with Gasteiger partial charge in [-0.15, -0.1) is 11.3 Å². The van der Waals surface area contributed by atoms with Gasteiger partial charge in [-0.25, -0.2) is 9.78 Å². The van der Waals surface area contributed by atoms with Crippen LogP contribution < -0.4 is 5.32 Å². The summed E-state index contributed by atoms with van der Waals surface area (Å²) in [7, 11) is 0. The van der Waals surface area contributed by atoms with E-state index < -0.39 is 11.7 Å². The first-order chi connectivity index (χ1) is 9.44. The average molecular weight is 288 g/mol. The number of benzene rings is 1. The first-order valence-corrected chi connectivity index (χ1v) is 7.11. The number of carbonyl (C=O) groups is 1. The van der Waals surface area contributed by atoms with Gasteiger partial charge in [-0.1, -0.05) is 11.8 Å². The van der Waals surface area contributed by atoms with E-state index >= 15 is 0 Å². The second kappa shape index (κ2) is 5.93. The molecule has 1 heterocycles. The zero-order valence-electron chi connectivity index (χ0n) is 11.7. The predicted molar refractivity (Wildman–Crippen MR) is 80.7 cm³/mol. The van der Waals surface area contributed by atoms with Crippen molar-refractivity contribution in [2.75, 3.05) is 6.54 Å². The summed E-state index contributed by atoms with van der Waals surface area (Å²) in [6.45, 7) is 5.72. The number of carbonyl (C=O) groups excluding carboxylic acids is 1. The lowest BCUT2D eigenvalue weighted by Gasteiger charge is -2.18. The molecule has 0 aliphatic carbocycles. The molecule has 2 aromatic rings. The van der Waals surface area contributed by atoms with E-state index in [-0.39, 0.29) is 6.54 Å². The maximum absolute atomic E-state index is 11.4. The molecule has 1 aromatic carbocycles. The molecule has 0 saturated heterocycles. The van der Waals surface area contributed by atoms with Crippen molar-refractivity contribution in [2.24, 2.45) is 0 Å². The summed E-state index contributed by atoms with van der Waals surface area (Å²) in [6.07, 6.45) is -0.457. The Morgan fingerprint density at radius 3 is 3.00 bits per heavy atom. The topological polar surface area (TPSA) is 51.2 Å². The molecule has 0 radical (unpaired) electrons. The molecule has 104 valence electrons. The number of thiazole rings is 1. The zero-order valence-corrected chi connectivity index (χ0v) is 12.5. The minimum Gasteiger partial charge on any atom is -0.444 e. The van der Waals surface area contributed by atoms with Crippen LogP contribution in [-0.4, -0.2) is 23.2 Å². The lowest BCUT2D eigenvalue weighted by atomic mass is 10.2. The van der Waals surface area contributed by atoms with Gasteiger partial charge in [-0.3, -0.25) is 0 Å². The molecule has 0 bridgehead atoms. The molecule has 1 aromatic heterocycles. The van der Waals surface area contributed by atoms with Crippen LogP contribution in [0.25, 0.3) is 10.2 Å². The van der Waals surface area contributed by atoms with Gasteiger partial charge in [0.05, 0.1) is 22.3 Å². The number of rotatable bonds is 1. The largest absolute Gasteiger partial charge is 0.444 e. The Hall–Kier alpha value is -2.06. The molecule has 1 N–H and O–H groups in total. The van der Waals surface area contributed by atoms with Crippen LogP contribution in [0.2, 0.25) is 0 Å². The summed E-state index contributed by atoms with van der Waals surface area (Å²) in [5, 5.41) is 2.59. The minimum atomic E-state index is -0.493. The third kappa shape index (κ3) is 4.25. The molecule has 0 saturated carbocycles. The fourth-order valence-electron chi connectivity index (χ4n) is 1.51. The zero-order chi connectivity index (χ0) is 14.6. The van der Waals surface area contributed by atoms with E-state index in [2.05, 4.69) is 22.1 Å². The Kier molecular flexibility index (Phi) is 4.26. The Morgan fingerprint density at radius 1 is 1.45 bits per heavy atom. The Labute approximate surface area is 122 Å². The van der Waals surface area contributed by atoms with Crippen LogP contribution in [-0.2, 0) is 4.74 Å². The first-order valence-electron chi connectivity index (χ1n) is 6.23. The van der Waals surface area contributed by atoms with Crippen LogP contribution in [0.1, 0.15) is 26.3 Å². The number of aromatic nitrogens is 1. The molecule has 0 spiro atoms. The summed E-state index contributed by atoms with van der Waals surface area (Å²) >= 11 is 1.60. The monoisotopic (exact) mass is 288 g/mol. The number of fused-ring (bicyclic) bond motifs is 1. The van der Waals surface area contributed by atoms with Crippen molar-refractivity contribution in [1.29, 1.82) is 0 Å². The van der Waals surface area contributed by atoms with E-state index in [4.69, 9.17) is 4.74 Å². The highest BCUT2D eigenvalue weighted by Crippen LogP contribution is 2.18. The maximum atomic E-state index is 11.4. The van der Waals surface area contributed by atoms with Gasteiger partial charge in [-0.2, -0.15) is 0 Å². The predicted octanol–water partition coefficient (Wildman–Crippen LogP) is 3.17. The van der Waals surface area contributed by atoms with E-state index in [1.165, 1.54) is 0 Å². The van der Waals surface area contributed by atoms with Gasteiger partial charge in [0.1, 0.15) is 5.60 Å². The quantitative estimate of drug-likeness (QED) is 0.820. The van der Waals surface area contributed by atoms with Gasteiger partial charge in [0.2, 0.25) is 0 Å². The second-order valence-electron chi connectivity index (χ2n) is 5.19. The van der Waals surface area contributed by atoms with Gasteiger partial charge in [0.15, 0.2) is 0 Å². The highest BCUT2D eigenvalue weighted by atomic mass is 32.1. The van der Waals surface area contributed by atoms with Gasteiger partial charge in [0.25, 0.3) is 0 Å². The molecular formula is C15H16N2O2S. The third-order valence-electron chi connectivity index (χ3n) is 2.28. The summed E-state index contributed by atoms with van der Waals surface area (Å²) in [5.41, 5.74) is 3.15. The number of nitrogens with zero attached hydrogens (tertiary/aromatic N) is 1. The van der Waals surface area contributed by atoms with Gasteiger partial charge in [0, 0.05) is 5.56 Å². The van der Waals surface area contributed by atoms with E-state index in [9.17, 15) is 4.79 Å². The van der Waals surface area contributed by atoms with Crippen LogP contribution in [0.5, 0.6) is 0 Å². The number of alkyl carbamates (subject to hydrolysis) is 1. The van der Waals surface area contributed by atoms with E-state index in [0.717, 1.165) is 15.8 Å². The molecular weight excluding hydrogens is 272 g/mol. The van der Waals surface area contributed by atoms with Gasteiger partial charge >= 0.3 is 6.09 Å². The van der Waals surface area contributed by atoms with E-state index in [1.54, 1.807) is 11.3 Å². The van der Waals surface area contributed by atoms with Crippen molar-refractivity contribution in [3.63, 3.8) is 0 Å². The molecule has 1 amide bonds. The molecule has 20 heavy (non-hydrogen) atoms. The number of hydrogen-bond donors (Lipinski definition) is 1.